The Morgan fingerprint density at radius 1 is 1.53 bits per heavy atom. The van der Waals surface area contributed by atoms with E-state index in [-0.39, 0.29) is 12.0 Å². The van der Waals surface area contributed by atoms with Crippen molar-refractivity contribution in [3.8, 4) is 0 Å². The molecular weight excluding hydrogens is 192 g/mol. The fourth-order valence-electron chi connectivity index (χ4n) is 1.87. The molecule has 15 heavy (non-hydrogen) atoms. The molecule has 1 saturated heterocycles. The summed E-state index contributed by atoms with van der Waals surface area (Å²) < 4.78 is 5.37. The Labute approximate surface area is 91.8 Å². The molecule has 0 saturated carbocycles. The first kappa shape index (κ1) is 12.5. The third kappa shape index (κ3) is 3.80. The monoisotopic (exact) mass is 214 g/mol. The van der Waals surface area contributed by atoms with Gasteiger partial charge in [-0.15, -0.1) is 0 Å². The molecule has 1 aliphatic rings. The lowest BCUT2D eigenvalue weighted by Crippen LogP contribution is -2.45. The number of likely N-dealkylation sites (N-methyl/N-ethyl adjacent to an activating group) is 1. The van der Waals surface area contributed by atoms with Gasteiger partial charge in [0.05, 0.1) is 0 Å². The van der Waals surface area contributed by atoms with Gasteiger partial charge in [0.15, 0.2) is 0 Å². The van der Waals surface area contributed by atoms with Crippen molar-refractivity contribution in [3.05, 3.63) is 0 Å². The van der Waals surface area contributed by atoms with Gasteiger partial charge in [0.25, 0.3) is 0 Å². The van der Waals surface area contributed by atoms with Crippen LogP contribution in [0.15, 0.2) is 0 Å². The van der Waals surface area contributed by atoms with E-state index in [0.717, 1.165) is 19.5 Å². The molecule has 0 aromatic heterocycles. The first-order chi connectivity index (χ1) is 6.94. The fraction of sp³-hybridized carbons (Fsp3) is 0.909. The zero-order chi connectivity index (χ0) is 11.5. The standard InChI is InChI=1S/C11H22N2O2/c1-11(2,3)15-10(14)9(12-4)8-5-6-13-7-8/h8-9,12-13H,5-7H2,1-4H3. The highest BCUT2D eigenvalue weighted by Gasteiger charge is 2.32. The van der Waals surface area contributed by atoms with Crippen molar-refractivity contribution in [1.82, 2.24) is 10.6 Å². The molecule has 4 heteroatoms. The molecule has 0 bridgehead atoms. The zero-order valence-corrected chi connectivity index (χ0v) is 10.1. The highest BCUT2D eigenvalue weighted by atomic mass is 16.6. The summed E-state index contributed by atoms with van der Waals surface area (Å²) >= 11 is 0. The Kier molecular flexibility index (Phi) is 4.11. The zero-order valence-electron chi connectivity index (χ0n) is 10.1. The van der Waals surface area contributed by atoms with Crippen LogP contribution >= 0.6 is 0 Å². The van der Waals surface area contributed by atoms with E-state index in [0.29, 0.717) is 5.92 Å². The Hall–Kier alpha value is -0.610. The van der Waals surface area contributed by atoms with Crippen molar-refractivity contribution in [3.63, 3.8) is 0 Å². The van der Waals surface area contributed by atoms with Crippen LogP contribution in [0.1, 0.15) is 27.2 Å². The third-order valence-corrected chi connectivity index (χ3v) is 2.54. The predicted octanol–water partition coefficient (Wildman–Crippen LogP) is 0.526. The highest BCUT2D eigenvalue weighted by molar-refractivity contribution is 5.76. The lowest BCUT2D eigenvalue weighted by Gasteiger charge is -2.26. The van der Waals surface area contributed by atoms with Crippen molar-refractivity contribution in [1.29, 1.82) is 0 Å². The first-order valence-electron chi connectivity index (χ1n) is 5.55. The van der Waals surface area contributed by atoms with E-state index in [1.165, 1.54) is 0 Å². The predicted molar refractivity (Wildman–Crippen MR) is 59.7 cm³/mol. The molecule has 2 unspecified atom stereocenters. The Morgan fingerprint density at radius 3 is 2.60 bits per heavy atom. The number of hydrogen-bond acceptors (Lipinski definition) is 4. The Morgan fingerprint density at radius 2 is 2.20 bits per heavy atom. The summed E-state index contributed by atoms with van der Waals surface area (Å²) in [5, 5.41) is 6.31. The van der Waals surface area contributed by atoms with Crippen LogP contribution in [0.25, 0.3) is 0 Å². The molecule has 0 amide bonds. The molecule has 0 spiro atoms. The number of rotatable bonds is 3. The van der Waals surface area contributed by atoms with Crippen LogP contribution in [0, 0.1) is 5.92 Å². The van der Waals surface area contributed by atoms with Gasteiger partial charge < -0.3 is 15.4 Å². The minimum atomic E-state index is -0.405. The van der Waals surface area contributed by atoms with E-state index in [1.54, 1.807) is 0 Å². The quantitative estimate of drug-likeness (QED) is 0.673. The Balaban J connectivity index is 2.53. The summed E-state index contributed by atoms with van der Waals surface area (Å²) in [5.74, 6) is 0.212. The molecule has 2 atom stereocenters. The largest absolute Gasteiger partial charge is 0.459 e. The lowest BCUT2D eigenvalue weighted by molar-refractivity contribution is -0.158. The molecule has 88 valence electrons. The van der Waals surface area contributed by atoms with Gasteiger partial charge in [0, 0.05) is 6.54 Å². The molecular formula is C11H22N2O2. The molecule has 0 aliphatic carbocycles. The highest BCUT2D eigenvalue weighted by Crippen LogP contribution is 2.16. The van der Waals surface area contributed by atoms with Crippen LogP contribution in [0.3, 0.4) is 0 Å². The van der Waals surface area contributed by atoms with Crippen LogP contribution in [0.4, 0.5) is 0 Å². The van der Waals surface area contributed by atoms with Crippen LogP contribution in [0.2, 0.25) is 0 Å². The van der Waals surface area contributed by atoms with Gasteiger partial charge in [0.2, 0.25) is 0 Å². The smallest absolute Gasteiger partial charge is 0.323 e. The summed E-state index contributed by atoms with van der Waals surface area (Å²) in [4.78, 5) is 11.9. The van der Waals surface area contributed by atoms with E-state index >= 15 is 0 Å². The van der Waals surface area contributed by atoms with E-state index in [1.807, 2.05) is 27.8 Å². The van der Waals surface area contributed by atoms with Crippen molar-refractivity contribution >= 4 is 5.97 Å². The number of carbonyl (C=O) groups is 1. The van der Waals surface area contributed by atoms with E-state index in [2.05, 4.69) is 10.6 Å². The summed E-state index contributed by atoms with van der Waals surface area (Å²) in [6, 6.07) is -0.181. The van der Waals surface area contributed by atoms with E-state index in [9.17, 15) is 4.79 Å². The summed E-state index contributed by atoms with van der Waals surface area (Å²) in [6.45, 7) is 7.57. The maximum absolute atomic E-state index is 11.9. The maximum atomic E-state index is 11.9. The maximum Gasteiger partial charge on any atom is 0.323 e. The first-order valence-corrected chi connectivity index (χ1v) is 5.55. The summed E-state index contributed by atoms with van der Waals surface area (Å²) in [5.41, 5.74) is -0.405. The average molecular weight is 214 g/mol. The van der Waals surface area contributed by atoms with Gasteiger partial charge >= 0.3 is 5.97 Å². The SMILES string of the molecule is CNC(C(=O)OC(C)(C)C)C1CCNC1. The van der Waals surface area contributed by atoms with Gasteiger partial charge in [-0.3, -0.25) is 4.79 Å². The van der Waals surface area contributed by atoms with E-state index in [4.69, 9.17) is 4.74 Å². The van der Waals surface area contributed by atoms with Gasteiger partial charge in [-0.25, -0.2) is 0 Å². The molecule has 0 aromatic rings. The Bertz CT molecular complexity index is 217. The number of esters is 1. The van der Waals surface area contributed by atoms with Crippen molar-refractivity contribution in [2.24, 2.45) is 5.92 Å². The van der Waals surface area contributed by atoms with Crippen LogP contribution in [-0.2, 0) is 9.53 Å². The van der Waals surface area contributed by atoms with Gasteiger partial charge in [-0.05, 0) is 46.7 Å². The van der Waals surface area contributed by atoms with Crippen molar-refractivity contribution in [2.45, 2.75) is 38.8 Å². The van der Waals surface area contributed by atoms with E-state index < -0.39 is 5.60 Å². The third-order valence-electron chi connectivity index (χ3n) is 2.54. The molecule has 1 fully saturated rings. The molecule has 0 aromatic carbocycles. The number of nitrogens with one attached hydrogen (secondary N) is 2. The second-order valence-corrected chi connectivity index (χ2v) is 5.05. The summed E-state index contributed by atoms with van der Waals surface area (Å²) in [6.07, 6.45) is 1.03. The van der Waals surface area contributed by atoms with Crippen LogP contribution in [-0.4, -0.2) is 37.7 Å². The second-order valence-electron chi connectivity index (χ2n) is 5.05. The van der Waals surface area contributed by atoms with Crippen molar-refractivity contribution < 1.29 is 9.53 Å². The average Bonchev–Trinajstić information content (AvgIpc) is 2.54. The number of ether oxygens (including phenoxy) is 1. The molecule has 4 nitrogen and oxygen atoms in total. The molecule has 1 heterocycles. The number of carbonyl (C=O) groups excluding carboxylic acids is 1. The molecule has 1 rings (SSSR count). The molecule has 0 radical (unpaired) electrons. The van der Waals surface area contributed by atoms with Gasteiger partial charge in [-0.2, -0.15) is 0 Å². The van der Waals surface area contributed by atoms with Crippen molar-refractivity contribution in [2.75, 3.05) is 20.1 Å². The summed E-state index contributed by atoms with van der Waals surface area (Å²) in [7, 11) is 1.81. The minimum absolute atomic E-state index is 0.140. The number of hydrogen-bond donors (Lipinski definition) is 2. The van der Waals surface area contributed by atoms with Gasteiger partial charge in [0.1, 0.15) is 11.6 Å². The molecule has 1 aliphatic heterocycles. The molecule has 2 N–H and O–H groups in total. The topological polar surface area (TPSA) is 50.4 Å². The fourth-order valence-corrected chi connectivity index (χ4v) is 1.87. The minimum Gasteiger partial charge on any atom is -0.459 e. The lowest BCUT2D eigenvalue weighted by atomic mass is 9.99. The second kappa shape index (κ2) is 4.94. The van der Waals surface area contributed by atoms with Gasteiger partial charge in [-0.1, -0.05) is 0 Å². The normalized spacial score (nSPS) is 23.9. The van der Waals surface area contributed by atoms with Crippen LogP contribution in [0.5, 0.6) is 0 Å². The van der Waals surface area contributed by atoms with Crippen LogP contribution < -0.4 is 10.6 Å².